The fourth-order valence-electron chi connectivity index (χ4n) is 5.53. The van der Waals surface area contributed by atoms with E-state index in [1.165, 1.54) is 0 Å². The number of fused-ring (bicyclic) bond motifs is 1. The smallest absolute Gasteiger partial charge is 0.324 e. The molecule has 52 heavy (non-hydrogen) atoms. The predicted octanol–water partition coefficient (Wildman–Crippen LogP) is 8.03. The van der Waals surface area contributed by atoms with Crippen LogP contribution in [0.5, 0.6) is 11.6 Å². The van der Waals surface area contributed by atoms with E-state index >= 15 is 0 Å². The van der Waals surface area contributed by atoms with Crippen LogP contribution in [0.15, 0.2) is 97.2 Å². The van der Waals surface area contributed by atoms with E-state index in [2.05, 4.69) is 45.1 Å². The van der Waals surface area contributed by atoms with Gasteiger partial charge in [0.05, 0.1) is 17.1 Å². The number of aryl methyl sites for hydroxylation is 2. The zero-order valence-corrected chi connectivity index (χ0v) is 30.2. The molecule has 2 heterocycles. The Balaban J connectivity index is 1.16. The zero-order chi connectivity index (χ0) is 36.8. The lowest BCUT2D eigenvalue weighted by Crippen LogP contribution is -2.31. The average molecular weight is 698 g/mol. The van der Waals surface area contributed by atoms with Crippen LogP contribution < -0.4 is 26.0 Å². The van der Waals surface area contributed by atoms with Crippen molar-refractivity contribution in [3.63, 3.8) is 0 Å². The van der Waals surface area contributed by atoms with Crippen LogP contribution in [-0.2, 0) is 0 Å². The van der Waals surface area contributed by atoms with Crippen molar-refractivity contribution in [2.24, 2.45) is 0 Å². The fraction of sp³-hybridized carbons (Fsp3) is 0.225. The number of hydrogen-bond donors (Lipinski definition) is 4. The summed E-state index contributed by atoms with van der Waals surface area (Å²) < 4.78 is 8.02. The summed E-state index contributed by atoms with van der Waals surface area (Å²) in [6.45, 7) is 9.41. The normalized spacial score (nSPS) is 11.2. The average Bonchev–Trinajstić information content (AvgIpc) is 3.54. The summed E-state index contributed by atoms with van der Waals surface area (Å²) in [7, 11) is 3.93. The lowest BCUT2D eigenvalue weighted by atomic mass is 10.1. The first-order chi connectivity index (χ1) is 25.0. The maximum atomic E-state index is 13.4. The van der Waals surface area contributed by atoms with Gasteiger partial charge in [-0.25, -0.2) is 14.5 Å². The van der Waals surface area contributed by atoms with Gasteiger partial charge in [0.15, 0.2) is 0 Å². The Morgan fingerprint density at radius 2 is 1.62 bits per heavy atom. The van der Waals surface area contributed by atoms with E-state index in [9.17, 15) is 9.59 Å². The first-order valence-corrected chi connectivity index (χ1v) is 17.1. The predicted molar refractivity (Wildman–Crippen MR) is 206 cm³/mol. The highest BCUT2D eigenvalue weighted by molar-refractivity contribution is 6.07. The molecule has 0 saturated carbocycles. The van der Waals surface area contributed by atoms with Gasteiger partial charge >= 0.3 is 6.03 Å². The highest BCUT2D eigenvalue weighted by atomic mass is 16.5. The maximum absolute atomic E-state index is 13.4. The van der Waals surface area contributed by atoms with Gasteiger partial charge in [-0.3, -0.25) is 10.1 Å². The number of hydrogen-bond acceptors (Lipinski definition) is 8. The molecule has 6 aromatic rings. The van der Waals surface area contributed by atoms with Crippen LogP contribution >= 0.6 is 0 Å². The topological polar surface area (TPSA) is 138 Å². The Bertz CT molecular complexity index is 2210. The van der Waals surface area contributed by atoms with Gasteiger partial charge in [0.2, 0.25) is 11.8 Å². The number of benzene rings is 4. The highest BCUT2D eigenvalue weighted by Crippen LogP contribution is 2.34. The van der Waals surface area contributed by atoms with Crippen molar-refractivity contribution in [2.45, 2.75) is 33.6 Å². The molecule has 12 heteroatoms. The minimum Gasteiger partial charge on any atom is -0.438 e. The fourth-order valence-corrected chi connectivity index (χ4v) is 5.53. The summed E-state index contributed by atoms with van der Waals surface area (Å²) in [4.78, 5) is 36.9. The van der Waals surface area contributed by atoms with E-state index < -0.39 is 6.03 Å². The van der Waals surface area contributed by atoms with Crippen LogP contribution in [0, 0.1) is 13.8 Å². The molecule has 266 valence electrons. The second kappa shape index (κ2) is 15.7. The Hall–Kier alpha value is -6.27. The standard InChI is InChI=1S/C40H43N9O3/c1-25(2)34-24-36(49(47-34)29-14-11-26(3)12-15-29)45-40(51)44-33-17-18-35(31-10-8-7-9-30(31)33)52-37-19-20-42-39(46-37)43-32-16-13-28(23-27(32)4)38(50)41-21-22-48(5)6/h7-20,23-25H,21-22H2,1-6H3,(H,41,50)(H,42,43,46)(H2,44,45,51). The second-order valence-corrected chi connectivity index (χ2v) is 13.1. The zero-order valence-electron chi connectivity index (χ0n) is 30.2. The Labute approximate surface area is 303 Å². The molecule has 12 nitrogen and oxygen atoms in total. The van der Waals surface area contributed by atoms with Gasteiger partial charge in [-0.1, -0.05) is 55.8 Å². The second-order valence-electron chi connectivity index (χ2n) is 13.1. The summed E-state index contributed by atoms with van der Waals surface area (Å²) in [5.41, 5.74) is 5.69. The van der Waals surface area contributed by atoms with Crippen LogP contribution in [0.25, 0.3) is 16.5 Å². The molecular formula is C40H43N9O3. The van der Waals surface area contributed by atoms with Crippen LogP contribution in [0.3, 0.4) is 0 Å². The number of aromatic nitrogens is 4. The number of carbonyl (C=O) groups is 2. The first kappa shape index (κ1) is 35.6. The maximum Gasteiger partial charge on any atom is 0.324 e. The van der Waals surface area contributed by atoms with E-state index in [0.29, 0.717) is 41.2 Å². The number of likely N-dealkylation sites (N-methyl/N-ethyl adjacent to an activating group) is 1. The molecule has 3 amide bonds. The number of amides is 3. The van der Waals surface area contributed by atoms with Crippen LogP contribution in [0.2, 0.25) is 0 Å². The largest absolute Gasteiger partial charge is 0.438 e. The minimum absolute atomic E-state index is 0.122. The number of carbonyl (C=O) groups excluding carboxylic acids is 2. The van der Waals surface area contributed by atoms with Crippen LogP contribution in [0.1, 0.15) is 46.9 Å². The number of nitrogens with zero attached hydrogens (tertiary/aromatic N) is 5. The highest BCUT2D eigenvalue weighted by Gasteiger charge is 2.17. The molecule has 0 radical (unpaired) electrons. The van der Waals surface area contributed by atoms with E-state index in [-0.39, 0.29) is 11.8 Å². The monoisotopic (exact) mass is 697 g/mol. The minimum atomic E-state index is -0.401. The number of ether oxygens (including phenoxy) is 1. The van der Waals surface area contributed by atoms with E-state index in [4.69, 9.17) is 9.84 Å². The SMILES string of the molecule is Cc1ccc(-n2nc(C(C)C)cc2NC(=O)Nc2ccc(Oc3ccnc(Nc4ccc(C(=O)NCCN(C)C)cc4C)n3)c3ccccc23)cc1. The van der Waals surface area contributed by atoms with E-state index in [1.807, 2.05) is 99.6 Å². The van der Waals surface area contributed by atoms with Crippen LogP contribution in [0.4, 0.5) is 27.9 Å². The van der Waals surface area contributed by atoms with Crippen LogP contribution in [-0.4, -0.2) is 63.8 Å². The molecule has 4 N–H and O–H groups in total. The number of nitrogens with one attached hydrogen (secondary N) is 4. The van der Waals surface area contributed by atoms with Gasteiger partial charge in [-0.05, 0) is 81.9 Å². The molecule has 0 bridgehead atoms. The van der Waals surface area contributed by atoms with Gasteiger partial charge in [0.25, 0.3) is 5.91 Å². The van der Waals surface area contributed by atoms with Crippen molar-refractivity contribution < 1.29 is 14.3 Å². The number of anilines is 4. The third-order valence-corrected chi connectivity index (χ3v) is 8.40. The van der Waals surface area contributed by atoms with E-state index in [0.717, 1.165) is 45.5 Å². The van der Waals surface area contributed by atoms with Gasteiger partial charge < -0.3 is 25.6 Å². The molecule has 6 rings (SSSR count). The molecular weight excluding hydrogens is 654 g/mol. The molecule has 0 aliphatic rings. The summed E-state index contributed by atoms with van der Waals surface area (Å²) in [5, 5.41) is 18.5. The molecule has 0 atom stereocenters. The molecule has 0 aliphatic carbocycles. The van der Waals surface area contributed by atoms with Crippen molar-refractivity contribution in [2.75, 3.05) is 43.1 Å². The Kier molecular flexibility index (Phi) is 10.8. The van der Waals surface area contributed by atoms with Crippen molar-refractivity contribution in [3.8, 4) is 17.3 Å². The summed E-state index contributed by atoms with van der Waals surface area (Å²) in [5.74, 6) is 1.86. The van der Waals surface area contributed by atoms with Gasteiger partial charge in [-0.2, -0.15) is 10.1 Å². The van der Waals surface area contributed by atoms with Gasteiger partial charge in [0.1, 0.15) is 11.6 Å². The molecule has 0 unspecified atom stereocenters. The van der Waals surface area contributed by atoms with Gasteiger partial charge in [0, 0.05) is 53.4 Å². The third kappa shape index (κ3) is 8.53. The lowest BCUT2D eigenvalue weighted by molar-refractivity contribution is 0.0951. The number of urea groups is 1. The molecule has 0 aliphatic heterocycles. The van der Waals surface area contributed by atoms with Crippen molar-refractivity contribution in [3.05, 3.63) is 120 Å². The summed E-state index contributed by atoms with van der Waals surface area (Å²) in [6.07, 6.45) is 1.61. The quantitative estimate of drug-likeness (QED) is 0.101. The summed E-state index contributed by atoms with van der Waals surface area (Å²) in [6, 6.07) is 27.9. The number of rotatable bonds is 12. The molecule has 2 aromatic heterocycles. The van der Waals surface area contributed by atoms with E-state index in [1.54, 1.807) is 35.1 Å². The molecule has 0 spiro atoms. The Morgan fingerprint density at radius 3 is 2.35 bits per heavy atom. The Morgan fingerprint density at radius 1 is 0.865 bits per heavy atom. The van der Waals surface area contributed by atoms with Crippen molar-refractivity contribution in [1.82, 2.24) is 30.0 Å². The van der Waals surface area contributed by atoms with Crippen molar-refractivity contribution in [1.29, 1.82) is 0 Å². The van der Waals surface area contributed by atoms with Gasteiger partial charge in [-0.15, -0.1) is 0 Å². The lowest BCUT2D eigenvalue weighted by Gasteiger charge is -2.15. The first-order valence-electron chi connectivity index (χ1n) is 17.1. The molecule has 4 aromatic carbocycles. The third-order valence-electron chi connectivity index (χ3n) is 8.40. The van der Waals surface area contributed by atoms with Crippen molar-refractivity contribution >= 4 is 45.9 Å². The summed E-state index contributed by atoms with van der Waals surface area (Å²) >= 11 is 0. The molecule has 0 saturated heterocycles. The molecule has 0 fully saturated rings.